The Kier molecular flexibility index (Phi) is 6.90. The molecule has 1 atom stereocenters. The number of pyridine rings is 1. The third-order valence-electron chi connectivity index (χ3n) is 5.68. The highest BCUT2D eigenvalue weighted by Crippen LogP contribution is 2.28. The number of carbonyl (C=O) groups excluding carboxylic acids is 1. The van der Waals surface area contributed by atoms with Crippen molar-refractivity contribution in [2.24, 2.45) is 0 Å². The van der Waals surface area contributed by atoms with E-state index in [1.54, 1.807) is 18.0 Å². The molecular formula is C26H28N4OS. The van der Waals surface area contributed by atoms with Crippen LogP contribution in [0.4, 0.5) is 0 Å². The van der Waals surface area contributed by atoms with Gasteiger partial charge in [-0.2, -0.15) is 0 Å². The standard InChI is InChI=1S/C26H28N4OS/c1-4-19(3)28-25(31)21-11-9-20(10-12-21)17-32-26-29-23-13-14-27-15-24(23)30(26)16-22-8-6-5-7-18(22)2/h5-15,19H,4,16-17H2,1-3H3,(H,28,31)/t19-/m0/s1. The number of carbonyl (C=O) groups is 1. The van der Waals surface area contributed by atoms with E-state index in [4.69, 9.17) is 4.98 Å². The lowest BCUT2D eigenvalue weighted by Crippen LogP contribution is -2.31. The summed E-state index contributed by atoms with van der Waals surface area (Å²) in [6, 6.07) is 18.4. The number of rotatable bonds is 8. The van der Waals surface area contributed by atoms with Crippen molar-refractivity contribution in [1.82, 2.24) is 19.9 Å². The van der Waals surface area contributed by atoms with Gasteiger partial charge in [0.25, 0.3) is 5.91 Å². The molecule has 0 aliphatic carbocycles. The summed E-state index contributed by atoms with van der Waals surface area (Å²) in [6.07, 6.45) is 4.58. The Morgan fingerprint density at radius 2 is 1.91 bits per heavy atom. The van der Waals surface area contributed by atoms with Crippen LogP contribution >= 0.6 is 11.8 Å². The van der Waals surface area contributed by atoms with E-state index in [1.807, 2.05) is 43.5 Å². The second-order valence-electron chi connectivity index (χ2n) is 8.04. The molecule has 0 unspecified atom stereocenters. The van der Waals surface area contributed by atoms with Gasteiger partial charge in [-0.1, -0.05) is 55.1 Å². The number of thioether (sulfide) groups is 1. The van der Waals surface area contributed by atoms with Crippen LogP contribution in [0.5, 0.6) is 0 Å². The summed E-state index contributed by atoms with van der Waals surface area (Å²) in [5.41, 5.74) is 6.37. The first-order valence-corrected chi connectivity index (χ1v) is 11.9. The lowest BCUT2D eigenvalue weighted by molar-refractivity contribution is 0.0939. The third-order valence-corrected chi connectivity index (χ3v) is 6.73. The molecule has 0 spiro atoms. The Balaban J connectivity index is 1.52. The second kappa shape index (κ2) is 10.0. The Hall–Kier alpha value is -3.12. The van der Waals surface area contributed by atoms with E-state index >= 15 is 0 Å². The lowest BCUT2D eigenvalue weighted by atomic mass is 10.1. The molecule has 1 amide bonds. The highest BCUT2D eigenvalue weighted by atomic mass is 32.2. The molecule has 6 heteroatoms. The quantitative estimate of drug-likeness (QED) is 0.359. The molecule has 0 aliphatic rings. The molecule has 2 aromatic carbocycles. The number of aromatic nitrogens is 3. The maximum atomic E-state index is 12.3. The maximum absolute atomic E-state index is 12.3. The van der Waals surface area contributed by atoms with E-state index in [9.17, 15) is 4.79 Å². The van der Waals surface area contributed by atoms with Crippen molar-refractivity contribution in [3.8, 4) is 0 Å². The zero-order chi connectivity index (χ0) is 22.5. The number of fused-ring (bicyclic) bond motifs is 1. The summed E-state index contributed by atoms with van der Waals surface area (Å²) in [5, 5.41) is 3.98. The Morgan fingerprint density at radius 1 is 1.12 bits per heavy atom. The van der Waals surface area contributed by atoms with Crippen molar-refractivity contribution in [3.63, 3.8) is 0 Å². The highest BCUT2D eigenvalue weighted by Gasteiger charge is 2.14. The van der Waals surface area contributed by atoms with Crippen LogP contribution in [-0.4, -0.2) is 26.5 Å². The zero-order valence-corrected chi connectivity index (χ0v) is 19.5. The summed E-state index contributed by atoms with van der Waals surface area (Å²) < 4.78 is 2.24. The predicted molar refractivity (Wildman–Crippen MR) is 131 cm³/mol. The minimum atomic E-state index is -0.0222. The van der Waals surface area contributed by atoms with Crippen LogP contribution in [-0.2, 0) is 12.3 Å². The maximum Gasteiger partial charge on any atom is 0.251 e. The summed E-state index contributed by atoms with van der Waals surface area (Å²) in [7, 11) is 0. The van der Waals surface area contributed by atoms with Crippen LogP contribution in [0.15, 0.2) is 72.1 Å². The number of amides is 1. The van der Waals surface area contributed by atoms with Crippen molar-refractivity contribution in [2.45, 2.75) is 50.7 Å². The van der Waals surface area contributed by atoms with Gasteiger partial charge in [-0.25, -0.2) is 4.98 Å². The van der Waals surface area contributed by atoms with Gasteiger partial charge in [-0.05, 0) is 55.2 Å². The fraction of sp³-hybridized carbons (Fsp3) is 0.269. The highest BCUT2D eigenvalue weighted by molar-refractivity contribution is 7.98. The largest absolute Gasteiger partial charge is 0.350 e. The van der Waals surface area contributed by atoms with Crippen LogP contribution in [0.3, 0.4) is 0 Å². The molecule has 4 rings (SSSR count). The predicted octanol–water partition coefficient (Wildman–Crippen LogP) is 5.61. The summed E-state index contributed by atoms with van der Waals surface area (Å²) in [6.45, 7) is 6.97. The minimum absolute atomic E-state index is 0.0222. The van der Waals surface area contributed by atoms with Gasteiger partial charge >= 0.3 is 0 Å². The molecule has 2 aromatic heterocycles. The average molecular weight is 445 g/mol. The average Bonchev–Trinajstić information content (AvgIpc) is 3.16. The normalized spacial score (nSPS) is 12.1. The smallest absolute Gasteiger partial charge is 0.251 e. The van der Waals surface area contributed by atoms with Crippen molar-refractivity contribution in [1.29, 1.82) is 0 Å². The van der Waals surface area contributed by atoms with Gasteiger partial charge < -0.3 is 9.88 Å². The van der Waals surface area contributed by atoms with Gasteiger partial charge in [0, 0.05) is 23.6 Å². The fourth-order valence-corrected chi connectivity index (χ4v) is 4.45. The molecular weight excluding hydrogens is 416 g/mol. The van der Waals surface area contributed by atoms with Crippen molar-refractivity contribution < 1.29 is 4.79 Å². The van der Waals surface area contributed by atoms with Crippen molar-refractivity contribution in [2.75, 3.05) is 0 Å². The molecule has 2 heterocycles. The third kappa shape index (κ3) is 5.02. The molecule has 4 aromatic rings. The first-order chi connectivity index (χ1) is 15.5. The van der Waals surface area contributed by atoms with Crippen LogP contribution in [0.25, 0.3) is 11.0 Å². The van der Waals surface area contributed by atoms with E-state index < -0.39 is 0 Å². The molecule has 32 heavy (non-hydrogen) atoms. The molecule has 0 radical (unpaired) electrons. The SMILES string of the molecule is CC[C@H](C)NC(=O)c1ccc(CSc2nc3ccncc3n2Cc2ccccc2C)cc1. The van der Waals surface area contributed by atoms with Gasteiger partial charge in [-0.3, -0.25) is 9.78 Å². The van der Waals surface area contributed by atoms with E-state index in [0.717, 1.165) is 40.5 Å². The fourth-order valence-electron chi connectivity index (χ4n) is 3.48. The number of nitrogens with zero attached hydrogens (tertiary/aromatic N) is 3. The molecule has 0 fully saturated rings. The van der Waals surface area contributed by atoms with Gasteiger partial charge in [0.15, 0.2) is 5.16 Å². The zero-order valence-electron chi connectivity index (χ0n) is 18.7. The van der Waals surface area contributed by atoms with Gasteiger partial charge in [-0.15, -0.1) is 0 Å². The topological polar surface area (TPSA) is 59.8 Å². The molecule has 0 bridgehead atoms. The molecule has 1 N–H and O–H groups in total. The number of benzene rings is 2. The number of imidazole rings is 1. The van der Waals surface area contributed by atoms with Gasteiger partial charge in [0.1, 0.15) is 0 Å². The first kappa shape index (κ1) is 22.1. The van der Waals surface area contributed by atoms with Gasteiger partial charge in [0.2, 0.25) is 0 Å². The van der Waals surface area contributed by atoms with E-state index in [1.165, 1.54) is 11.1 Å². The Labute approximate surface area is 193 Å². The van der Waals surface area contributed by atoms with Crippen LogP contribution < -0.4 is 5.32 Å². The molecule has 0 aliphatic heterocycles. The molecule has 164 valence electrons. The number of hydrogen-bond donors (Lipinski definition) is 1. The lowest BCUT2D eigenvalue weighted by Gasteiger charge is -2.12. The van der Waals surface area contributed by atoms with Crippen LogP contribution in [0.1, 0.15) is 47.3 Å². The Morgan fingerprint density at radius 3 is 2.66 bits per heavy atom. The van der Waals surface area contributed by atoms with Gasteiger partial charge in [0.05, 0.1) is 23.8 Å². The minimum Gasteiger partial charge on any atom is -0.350 e. The van der Waals surface area contributed by atoms with E-state index in [-0.39, 0.29) is 11.9 Å². The monoisotopic (exact) mass is 444 g/mol. The number of hydrogen-bond acceptors (Lipinski definition) is 4. The number of aryl methyl sites for hydroxylation is 1. The van der Waals surface area contributed by atoms with Crippen LogP contribution in [0.2, 0.25) is 0 Å². The van der Waals surface area contributed by atoms with Crippen LogP contribution in [0, 0.1) is 6.92 Å². The second-order valence-corrected chi connectivity index (χ2v) is 8.98. The summed E-state index contributed by atoms with van der Waals surface area (Å²) in [5.74, 6) is 0.753. The van der Waals surface area contributed by atoms with Crippen molar-refractivity contribution >= 4 is 28.7 Å². The Bertz CT molecular complexity index is 1220. The van der Waals surface area contributed by atoms with Crippen molar-refractivity contribution in [3.05, 3.63) is 89.2 Å². The number of nitrogens with one attached hydrogen (secondary N) is 1. The first-order valence-electron chi connectivity index (χ1n) is 10.9. The molecule has 0 saturated heterocycles. The summed E-state index contributed by atoms with van der Waals surface area (Å²) >= 11 is 1.70. The van der Waals surface area contributed by atoms with E-state index in [2.05, 4.69) is 53.0 Å². The van der Waals surface area contributed by atoms with E-state index in [0.29, 0.717) is 5.56 Å². The molecule has 0 saturated carbocycles. The summed E-state index contributed by atoms with van der Waals surface area (Å²) in [4.78, 5) is 21.5. The molecule has 5 nitrogen and oxygen atoms in total.